The number of hydrogen-bond acceptors (Lipinski definition) is 3. The zero-order chi connectivity index (χ0) is 13.1. The number of pyridine rings is 1. The fourth-order valence-corrected chi connectivity index (χ4v) is 1.67. The summed E-state index contributed by atoms with van der Waals surface area (Å²) in [4.78, 5) is 21.8. The predicted molar refractivity (Wildman–Crippen MR) is 68.3 cm³/mol. The summed E-state index contributed by atoms with van der Waals surface area (Å²) >= 11 is 5.68. The lowest BCUT2D eigenvalue weighted by atomic mass is 10.2. The molecule has 0 N–H and O–H groups in total. The molecule has 0 aliphatic heterocycles. The van der Waals surface area contributed by atoms with Crippen LogP contribution in [0.15, 0.2) is 30.7 Å². The molecule has 2 heterocycles. The molecule has 0 saturated carbocycles. The van der Waals surface area contributed by atoms with E-state index >= 15 is 0 Å². The Kier molecular flexibility index (Phi) is 3.62. The third kappa shape index (κ3) is 2.68. The first kappa shape index (κ1) is 12.6. The first-order chi connectivity index (χ1) is 8.58. The van der Waals surface area contributed by atoms with Crippen molar-refractivity contribution in [3.8, 4) is 0 Å². The van der Waals surface area contributed by atoms with Crippen molar-refractivity contribution in [3.63, 3.8) is 0 Å². The van der Waals surface area contributed by atoms with Gasteiger partial charge in [0.05, 0.1) is 12.1 Å². The molecule has 0 radical (unpaired) electrons. The highest BCUT2D eigenvalue weighted by molar-refractivity contribution is 6.29. The SMILES string of the molecule is CN(Cc1nccn1C)C(=O)c1ccc(Cl)nc1. The number of carbonyl (C=O) groups excluding carboxylic acids is 1. The second kappa shape index (κ2) is 5.18. The molecule has 2 aromatic rings. The Hall–Kier alpha value is -1.88. The van der Waals surface area contributed by atoms with Gasteiger partial charge in [0.1, 0.15) is 11.0 Å². The van der Waals surface area contributed by atoms with Crippen LogP contribution in [0.5, 0.6) is 0 Å². The van der Waals surface area contributed by atoms with Gasteiger partial charge >= 0.3 is 0 Å². The first-order valence-corrected chi connectivity index (χ1v) is 5.79. The highest BCUT2D eigenvalue weighted by atomic mass is 35.5. The molecule has 0 spiro atoms. The van der Waals surface area contributed by atoms with Crippen LogP contribution in [-0.4, -0.2) is 32.4 Å². The van der Waals surface area contributed by atoms with E-state index in [0.717, 1.165) is 5.82 Å². The second-order valence-electron chi connectivity index (χ2n) is 3.99. The van der Waals surface area contributed by atoms with Crippen LogP contribution < -0.4 is 0 Å². The molecule has 1 amide bonds. The van der Waals surface area contributed by atoms with Crippen LogP contribution in [0.25, 0.3) is 0 Å². The molecule has 0 saturated heterocycles. The molecule has 0 aliphatic carbocycles. The van der Waals surface area contributed by atoms with Crippen LogP contribution in [0, 0.1) is 0 Å². The molecule has 0 aromatic carbocycles. The average molecular weight is 265 g/mol. The molecule has 6 heteroatoms. The number of halogens is 1. The number of carbonyl (C=O) groups is 1. The van der Waals surface area contributed by atoms with Gasteiger partial charge < -0.3 is 9.47 Å². The molecule has 2 rings (SSSR count). The van der Waals surface area contributed by atoms with Crippen molar-refractivity contribution in [3.05, 3.63) is 47.3 Å². The van der Waals surface area contributed by atoms with Gasteiger partial charge in [0, 0.05) is 32.7 Å². The standard InChI is InChI=1S/C12H13ClN4O/c1-16-6-5-14-11(16)8-17(2)12(18)9-3-4-10(13)15-7-9/h3-7H,8H2,1-2H3. The molecular formula is C12H13ClN4O. The number of rotatable bonds is 3. The zero-order valence-corrected chi connectivity index (χ0v) is 10.9. The van der Waals surface area contributed by atoms with E-state index in [9.17, 15) is 4.79 Å². The highest BCUT2D eigenvalue weighted by Crippen LogP contribution is 2.09. The summed E-state index contributed by atoms with van der Waals surface area (Å²) in [5, 5.41) is 0.373. The molecule has 0 fully saturated rings. The van der Waals surface area contributed by atoms with Gasteiger partial charge in [-0.2, -0.15) is 0 Å². The van der Waals surface area contributed by atoms with Crippen molar-refractivity contribution >= 4 is 17.5 Å². The smallest absolute Gasteiger partial charge is 0.255 e. The number of amides is 1. The van der Waals surface area contributed by atoms with Crippen molar-refractivity contribution in [2.24, 2.45) is 7.05 Å². The predicted octanol–water partition coefficient (Wildman–Crippen LogP) is 1.74. The Morgan fingerprint density at radius 3 is 2.78 bits per heavy atom. The van der Waals surface area contributed by atoms with Crippen LogP contribution in [-0.2, 0) is 13.6 Å². The lowest BCUT2D eigenvalue weighted by Gasteiger charge is -2.16. The summed E-state index contributed by atoms with van der Waals surface area (Å²) in [6, 6.07) is 3.26. The monoisotopic (exact) mass is 264 g/mol. The van der Waals surface area contributed by atoms with Crippen molar-refractivity contribution in [2.75, 3.05) is 7.05 Å². The van der Waals surface area contributed by atoms with Crippen molar-refractivity contribution in [1.82, 2.24) is 19.4 Å². The van der Waals surface area contributed by atoms with E-state index in [4.69, 9.17) is 11.6 Å². The molecule has 5 nitrogen and oxygen atoms in total. The minimum absolute atomic E-state index is 0.109. The number of hydrogen-bond donors (Lipinski definition) is 0. The Morgan fingerprint density at radius 1 is 1.44 bits per heavy atom. The van der Waals surface area contributed by atoms with E-state index < -0.39 is 0 Å². The second-order valence-corrected chi connectivity index (χ2v) is 4.37. The Morgan fingerprint density at radius 2 is 2.22 bits per heavy atom. The maximum Gasteiger partial charge on any atom is 0.255 e. The highest BCUT2D eigenvalue weighted by Gasteiger charge is 2.14. The zero-order valence-electron chi connectivity index (χ0n) is 10.2. The topological polar surface area (TPSA) is 51.0 Å². The number of aromatic nitrogens is 3. The van der Waals surface area contributed by atoms with E-state index in [1.165, 1.54) is 6.20 Å². The van der Waals surface area contributed by atoms with E-state index in [2.05, 4.69) is 9.97 Å². The average Bonchev–Trinajstić information content (AvgIpc) is 2.75. The lowest BCUT2D eigenvalue weighted by Crippen LogP contribution is -2.27. The van der Waals surface area contributed by atoms with E-state index in [-0.39, 0.29) is 5.91 Å². The van der Waals surface area contributed by atoms with Gasteiger partial charge in [-0.1, -0.05) is 11.6 Å². The molecule has 0 unspecified atom stereocenters. The quantitative estimate of drug-likeness (QED) is 0.794. The fraction of sp³-hybridized carbons (Fsp3) is 0.250. The summed E-state index contributed by atoms with van der Waals surface area (Å²) < 4.78 is 1.88. The van der Waals surface area contributed by atoms with E-state index in [0.29, 0.717) is 17.3 Å². The van der Waals surface area contributed by atoms with Gasteiger partial charge in [0.2, 0.25) is 0 Å². The third-order valence-electron chi connectivity index (χ3n) is 2.62. The van der Waals surface area contributed by atoms with Gasteiger partial charge in [-0.05, 0) is 12.1 Å². The van der Waals surface area contributed by atoms with Gasteiger partial charge in [0.25, 0.3) is 5.91 Å². The normalized spacial score (nSPS) is 10.4. The molecule has 94 valence electrons. The Labute approximate surface area is 110 Å². The fourth-order valence-electron chi connectivity index (χ4n) is 1.56. The van der Waals surface area contributed by atoms with Crippen molar-refractivity contribution in [2.45, 2.75) is 6.54 Å². The first-order valence-electron chi connectivity index (χ1n) is 5.41. The molecule has 2 aromatic heterocycles. The summed E-state index contributed by atoms with van der Waals surface area (Å²) in [6.45, 7) is 0.449. The minimum Gasteiger partial charge on any atom is -0.337 e. The molecular weight excluding hydrogens is 252 g/mol. The van der Waals surface area contributed by atoms with Gasteiger partial charge in [0.15, 0.2) is 0 Å². The number of aryl methyl sites for hydroxylation is 1. The van der Waals surface area contributed by atoms with E-state index in [1.807, 2.05) is 17.8 Å². The summed E-state index contributed by atoms with van der Waals surface area (Å²) in [5.41, 5.74) is 0.510. The largest absolute Gasteiger partial charge is 0.337 e. The van der Waals surface area contributed by atoms with Crippen LogP contribution in [0.1, 0.15) is 16.2 Å². The molecule has 0 atom stereocenters. The third-order valence-corrected chi connectivity index (χ3v) is 2.84. The lowest BCUT2D eigenvalue weighted by molar-refractivity contribution is 0.0780. The minimum atomic E-state index is -0.109. The summed E-state index contributed by atoms with van der Waals surface area (Å²) in [6.07, 6.45) is 5.02. The number of imidazole rings is 1. The summed E-state index contributed by atoms with van der Waals surface area (Å²) in [5.74, 6) is 0.718. The van der Waals surface area contributed by atoms with Crippen LogP contribution in [0.4, 0.5) is 0 Å². The van der Waals surface area contributed by atoms with Gasteiger partial charge in [-0.15, -0.1) is 0 Å². The Balaban J connectivity index is 2.09. The molecule has 18 heavy (non-hydrogen) atoms. The summed E-state index contributed by atoms with van der Waals surface area (Å²) in [7, 11) is 3.62. The van der Waals surface area contributed by atoms with E-state index in [1.54, 1.807) is 30.3 Å². The maximum atomic E-state index is 12.1. The van der Waals surface area contributed by atoms with Crippen LogP contribution in [0.3, 0.4) is 0 Å². The van der Waals surface area contributed by atoms with Gasteiger partial charge in [-0.3, -0.25) is 4.79 Å². The maximum absolute atomic E-state index is 12.1. The molecule has 0 aliphatic rings. The van der Waals surface area contributed by atoms with Gasteiger partial charge in [-0.25, -0.2) is 9.97 Å². The Bertz CT molecular complexity index is 549. The van der Waals surface area contributed by atoms with Crippen molar-refractivity contribution < 1.29 is 4.79 Å². The van der Waals surface area contributed by atoms with Crippen molar-refractivity contribution in [1.29, 1.82) is 0 Å². The van der Waals surface area contributed by atoms with Crippen LogP contribution in [0.2, 0.25) is 5.15 Å². The number of nitrogens with zero attached hydrogens (tertiary/aromatic N) is 4. The van der Waals surface area contributed by atoms with Crippen LogP contribution >= 0.6 is 11.6 Å². The molecule has 0 bridgehead atoms.